The highest BCUT2D eigenvalue weighted by Gasteiger charge is 2.23. The van der Waals surface area contributed by atoms with E-state index in [0.29, 0.717) is 6.54 Å². The maximum absolute atomic E-state index is 5.71. The van der Waals surface area contributed by atoms with Gasteiger partial charge in [0.1, 0.15) is 0 Å². The number of ether oxygens (including phenoxy) is 1. The van der Waals surface area contributed by atoms with Crippen LogP contribution < -0.4 is 5.73 Å². The second-order valence-electron chi connectivity index (χ2n) is 4.34. The van der Waals surface area contributed by atoms with Crippen molar-refractivity contribution in [2.24, 2.45) is 5.73 Å². The zero-order chi connectivity index (χ0) is 11.1. The average Bonchev–Trinajstić information content (AvgIpc) is 2.77. The molecule has 1 saturated carbocycles. The molecule has 3 heteroatoms. The molecule has 15 heavy (non-hydrogen) atoms. The summed E-state index contributed by atoms with van der Waals surface area (Å²) in [5.41, 5.74) is 5.71. The number of hydrogen-bond acceptors (Lipinski definition) is 3. The quantitative estimate of drug-likeness (QED) is 0.700. The fourth-order valence-corrected chi connectivity index (χ4v) is 2.50. The van der Waals surface area contributed by atoms with Crippen LogP contribution in [0.5, 0.6) is 0 Å². The molecule has 0 bridgehead atoms. The van der Waals surface area contributed by atoms with E-state index in [0.717, 1.165) is 25.7 Å². The molecule has 90 valence electrons. The third-order valence-electron chi connectivity index (χ3n) is 3.35. The van der Waals surface area contributed by atoms with Crippen LogP contribution in [0.1, 0.15) is 39.5 Å². The minimum atomic E-state index is 0.218. The Morgan fingerprint density at radius 2 is 2.00 bits per heavy atom. The van der Waals surface area contributed by atoms with Crippen LogP contribution in [-0.2, 0) is 4.74 Å². The van der Waals surface area contributed by atoms with Crippen molar-refractivity contribution < 1.29 is 4.74 Å². The zero-order valence-electron chi connectivity index (χ0n) is 10.2. The summed E-state index contributed by atoms with van der Waals surface area (Å²) in [6.07, 6.45) is 5.72. The minimum absolute atomic E-state index is 0.218. The first-order chi connectivity index (χ1) is 7.31. The molecule has 3 nitrogen and oxygen atoms in total. The second kappa shape index (κ2) is 7.20. The van der Waals surface area contributed by atoms with Gasteiger partial charge in [-0.25, -0.2) is 0 Å². The van der Waals surface area contributed by atoms with Crippen molar-refractivity contribution in [2.45, 2.75) is 51.7 Å². The number of nitrogens with zero attached hydrogens (tertiary/aromatic N) is 1. The summed E-state index contributed by atoms with van der Waals surface area (Å²) in [6.45, 7) is 7.80. The third-order valence-corrected chi connectivity index (χ3v) is 3.35. The van der Waals surface area contributed by atoms with Crippen LogP contribution in [0.4, 0.5) is 0 Å². The average molecular weight is 214 g/mol. The number of nitrogens with two attached hydrogens (primary N) is 1. The summed E-state index contributed by atoms with van der Waals surface area (Å²) in [4.78, 5) is 2.54. The van der Waals surface area contributed by atoms with Gasteiger partial charge in [0.15, 0.2) is 0 Å². The molecule has 0 aromatic carbocycles. The molecule has 0 aliphatic heterocycles. The van der Waals surface area contributed by atoms with Crippen LogP contribution in [0.15, 0.2) is 0 Å². The highest BCUT2D eigenvalue weighted by molar-refractivity contribution is 4.79. The smallest absolute Gasteiger partial charge is 0.0823 e. The number of hydrogen-bond donors (Lipinski definition) is 1. The lowest BCUT2D eigenvalue weighted by molar-refractivity contribution is 0.0295. The van der Waals surface area contributed by atoms with E-state index in [1.54, 1.807) is 0 Å². The summed E-state index contributed by atoms with van der Waals surface area (Å²) in [7, 11) is 0. The predicted molar refractivity (Wildman–Crippen MR) is 64.0 cm³/mol. The standard InChI is InChI=1S/C12H26N2O/c1-3-14(11-7-5-6-8-11)10-12(9-13)15-4-2/h11-12H,3-10,13H2,1-2H3. The molecule has 1 unspecified atom stereocenters. The molecular weight excluding hydrogens is 188 g/mol. The van der Waals surface area contributed by atoms with E-state index in [1.807, 2.05) is 6.92 Å². The van der Waals surface area contributed by atoms with Crippen molar-refractivity contribution in [3.8, 4) is 0 Å². The molecule has 0 aromatic rings. The summed E-state index contributed by atoms with van der Waals surface area (Å²) in [5.74, 6) is 0. The first-order valence-electron chi connectivity index (χ1n) is 6.37. The molecule has 2 N–H and O–H groups in total. The summed E-state index contributed by atoms with van der Waals surface area (Å²) in [6, 6.07) is 0.782. The normalized spacial score (nSPS) is 20.0. The fraction of sp³-hybridized carbons (Fsp3) is 1.00. The Balaban J connectivity index is 2.36. The van der Waals surface area contributed by atoms with Gasteiger partial charge in [0.05, 0.1) is 6.10 Å². The molecule has 1 atom stereocenters. The van der Waals surface area contributed by atoms with Crippen molar-refractivity contribution in [3.63, 3.8) is 0 Å². The third kappa shape index (κ3) is 4.09. The fourth-order valence-electron chi connectivity index (χ4n) is 2.50. The van der Waals surface area contributed by atoms with Gasteiger partial charge in [0.2, 0.25) is 0 Å². The Kier molecular flexibility index (Phi) is 6.22. The highest BCUT2D eigenvalue weighted by Crippen LogP contribution is 2.23. The summed E-state index contributed by atoms with van der Waals surface area (Å²) in [5, 5.41) is 0. The SMILES string of the molecule is CCOC(CN)CN(CC)C1CCCC1. The van der Waals surface area contributed by atoms with E-state index < -0.39 is 0 Å². The molecule has 1 fully saturated rings. The maximum Gasteiger partial charge on any atom is 0.0823 e. The Hall–Kier alpha value is -0.120. The first-order valence-corrected chi connectivity index (χ1v) is 6.37. The lowest BCUT2D eigenvalue weighted by Crippen LogP contribution is -2.42. The largest absolute Gasteiger partial charge is 0.376 e. The predicted octanol–water partition coefficient (Wildman–Crippen LogP) is 1.61. The lowest BCUT2D eigenvalue weighted by Gasteiger charge is -2.30. The van der Waals surface area contributed by atoms with Gasteiger partial charge >= 0.3 is 0 Å². The zero-order valence-corrected chi connectivity index (χ0v) is 10.2. The molecule has 0 radical (unpaired) electrons. The van der Waals surface area contributed by atoms with Gasteiger partial charge in [-0.15, -0.1) is 0 Å². The van der Waals surface area contributed by atoms with Crippen LogP contribution >= 0.6 is 0 Å². The summed E-state index contributed by atoms with van der Waals surface area (Å²) < 4.78 is 5.62. The van der Waals surface area contributed by atoms with Crippen LogP contribution in [0.3, 0.4) is 0 Å². The van der Waals surface area contributed by atoms with Crippen LogP contribution in [0.2, 0.25) is 0 Å². The van der Waals surface area contributed by atoms with Crippen molar-refractivity contribution >= 4 is 0 Å². The van der Waals surface area contributed by atoms with Gasteiger partial charge < -0.3 is 10.5 Å². The molecule has 0 heterocycles. The summed E-state index contributed by atoms with van der Waals surface area (Å²) >= 11 is 0. The van der Waals surface area contributed by atoms with Gasteiger partial charge in [-0.05, 0) is 26.3 Å². The number of rotatable bonds is 7. The van der Waals surface area contributed by atoms with E-state index in [9.17, 15) is 0 Å². The molecule has 1 aliphatic carbocycles. The van der Waals surface area contributed by atoms with E-state index in [-0.39, 0.29) is 6.10 Å². The molecule has 1 aliphatic rings. The number of likely N-dealkylation sites (N-methyl/N-ethyl adjacent to an activating group) is 1. The molecule has 0 aromatic heterocycles. The van der Waals surface area contributed by atoms with Crippen molar-refractivity contribution in [2.75, 3.05) is 26.2 Å². The highest BCUT2D eigenvalue weighted by atomic mass is 16.5. The van der Waals surface area contributed by atoms with E-state index >= 15 is 0 Å². The van der Waals surface area contributed by atoms with Crippen molar-refractivity contribution in [1.29, 1.82) is 0 Å². The lowest BCUT2D eigenvalue weighted by atomic mass is 10.2. The van der Waals surface area contributed by atoms with Gasteiger partial charge in [-0.3, -0.25) is 4.90 Å². The van der Waals surface area contributed by atoms with Crippen molar-refractivity contribution in [3.05, 3.63) is 0 Å². The van der Waals surface area contributed by atoms with Crippen LogP contribution in [-0.4, -0.2) is 43.3 Å². The topological polar surface area (TPSA) is 38.5 Å². The van der Waals surface area contributed by atoms with E-state index in [4.69, 9.17) is 10.5 Å². The monoisotopic (exact) mass is 214 g/mol. The molecular formula is C12H26N2O. The molecule has 1 rings (SSSR count). The van der Waals surface area contributed by atoms with Gasteiger partial charge in [-0.2, -0.15) is 0 Å². The van der Waals surface area contributed by atoms with Gasteiger partial charge in [-0.1, -0.05) is 19.8 Å². The Labute approximate surface area is 94.0 Å². The minimum Gasteiger partial charge on any atom is -0.376 e. The van der Waals surface area contributed by atoms with E-state index in [1.165, 1.54) is 25.7 Å². The van der Waals surface area contributed by atoms with Crippen LogP contribution in [0.25, 0.3) is 0 Å². The van der Waals surface area contributed by atoms with Gasteiger partial charge in [0, 0.05) is 25.7 Å². The molecule has 0 spiro atoms. The first kappa shape index (κ1) is 12.9. The Morgan fingerprint density at radius 3 is 2.47 bits per heavy atom. The second-order valence-corrected chi connectivity index (χ2v) is 4.34. The van der Waals surface area contributed by atoms with Crippen LogP contribution in [0, 0.1) is 0 Å². The Bertz CT molecular complexity index is 158. The molecule has 0 saturated heterocycles. The maximum atomic E-state index is 5.71. The molecule has 0 amide bonds. The Morgan fingerprint density at radius 1 is 1.33 bits per heavy atom. The van der Waals surface area contributed by atoms with Crippen molar-refractivity contribution in [1.82, 2.24) is 4.90 Å². The van der Waals surface area contributed by atoms with E-state index in [2.05, 4.69) is 11.8 Å². The van der Waals surface area contributed by atoms with Gasteiger partial charge in [0.25, 0.3) is 0 Å².